The summed E-state index contributed by atoms with van der Waals surface area (Å²) in [5.41, 5.74) is 6.69. The van der Waals surface area contributed by atoms with E-state index in [1.165, 1.54) is 0 Å². The second-order valence-corrected chi connectivity index (χ2v) is 32.7. The molecule has 4 aliphatic heterocycles. The van der Waals surface area contributed by atoms with Crippen molar-refractivity contribution in [2.45, 2.75) is 285 Å². The van der Waals surface area contributed by atoms with Gasteiger partial charge in [-0.3, -0.25) is 58.0 Å². The molecule has 570 valence electrons. The summed E-state index contributed by atoms with van der Waals surface area (Å²) in [6.45, 7) is 17.4. The van der Waals surface area contributed by atoms with Crippen molar-refractivity contribution in [3.63, 3.8) is 0 Å². The normalized spacial score (nSPS) is 14.7. The van der Waals surface area contributed by atoms with E-state index in [9.17, 15) is 0 Å². The van der Waals surface area contributed by atoms with Crippen LogP contribution >= 0.6 is 0 Å². The maximum atomic E-state index is 16.4. The molecular weight excluding hydrogens is 1360 g/mol. The van der Waals surface area contributed by atoms with Gasteiger partial charge in [-0.1, -0.05) is 270 Å². The summed E-state index contributed by atoms with van der Waals surface area (Å²) in [4.78, 5) is 132. The van der Waals surface area contributed by atoms with E-state index in [2.05, 4.69) is 85.7 Å². The van der Waals surface area contributed by atoms with Gasteiger partial charge in [0.15, 0.2) is 0 Å². The van der Waals surface area contributed by atoms with Crippen LogP contribution in [0.2, 0.25) is 0 Å². The van der Waals surface area contributed by atoms with Gasteiger partial charge >= 0.3 is 0 Å². The van der Waals surface area contributed by atoms with Crippen LogP contribution in [-0.2, 0) is 0 Å². The third-order valence-corrected chi connectivity index (χ3v) is 25.7. The first-order valence-corrected chi connectivity index (χ1v) is 42.8. The van der Waals surface area contributed by atoms with Crippen molar-refractivity contribution >= 4 is 133 Å². The molecule has 0 N–H and O–H groups in total. The highest BCUT2D eigenvalue weighted by atomic mass is 16.2. The van der Waals surface area contributed by atoms with Crippen LogP contribution in [0.4, 0.5) is 0 Å². The Bertz CT molecular complexity index is 5370. The van der Waals surface area contributed by atoms with E-state index in [-0.39, 0.29) is 71.4 Å². The first kappa shape index (κ1) is 76.0. The summed E-state index contributed by atoms with van der Waals surface area (Å²) in [5, 5.41) is 12.1. The van der Waals surface area contributed by atoms with Gasteiger partial charge in [0.1, 0.15) is 0 Å². The molecule has 4 heterocycles. The molecule has 8 amide bonds. The fraction of sp³-hybridized carbons (Fsp3) is 0.449. The summed E-state index contributed by atoms with van der Waals surface area (Å²) in [7, 11) is 0. The number of nitrogens with zero attached hydrogens (tertiary/aromatic N) is 4. The maximum absolute atomic E-state index is 16.4. The van der Waals surface area contributed by atoms with Crippen molar-refractivity contribution in [2.75, 3.05) is 0 Å². The second-order valence-electron chi connectivity index (χ2n) is 32.7. The molecule has 0 aliphatic carbocycles. The molecule has 0 bridgehead atoms. The number of benzene rings is 11. The maximum Gasteiger partial charge on any atom is 0.262 e. The third kappa shape index (κ3) is 12.8. The lowest BCUT2D eigenvalue weighted by Crippen LogP contribution is -2.47. The third-order valence-electron chi connectivity index (χ3n) is 25.7. The zero-order chi connectivity index (χ0) is 76.8. The number of carbonyl (C=O) groups excluding carboxylic acids is 8. The molecule has 0 aromatic heterocycles. The minimum Gasteiger partial charge on any atom is -0.271 e. The van der Waals surface area contributed by atoms with Gasteiger partial charge in [-0.25, -0.2) is 0 Å². The molecule has 12 heteroatoms. The number of amides is 8. The van der Waals surface area contributed by atoms with Crippen LogP contribution in [0.5, 0.6) is 0 Å². The largest absolute Gasteiger partial charge is 0.271 e. The Kier molecular flexibility index (Phi) is 22.4. The van der Waals surface area contributed by atoms with E-state index < -0.39 is 0 Å². The second kappa shape index (κ2) is 32.5. The van der Waals surface area contributed by atoms with Crippen LogP contribution in [0.25, 0.3) is 108 Å². The van der Waals surface area contributed by atoms with E-state index in [4.69, 9.17) is 0 Å². The zero-order valence-electron chi connectivity index (χ0n) is 66.4. The predicted octanol–water partition coefficient (Wildman–Crippen LogP) is 25.6. The summed E-state index contributed by atoms with van der Waals surface area (Å²) >= 11 is 0. The molecule has 11 aromatic rings. The van der Waals surface area contributed by atoms with Gasteiger partial charge in [0, 0.05) is 84.7 Å². The van der Waals surface area contributed by atoms with Crippen molar-refractivity contribution in [1.29, 1.82) is 0 Å². The molecule has 11 aromatic carbocycles. The summed E-state index contributed by atoms with van der Waals surface area (Å²) < 4.78 is 0. The molecule has 0 spiro atoms. The van der Waals surface area contributed by atoms with E-state index in [0.29, 0.717) is 97.3 Å². The van der Waals surface area contributed by atoms with Crippen molar-refractivity contribution in [3.8, 4) is 22.3 Å². The van der Waals surface area contributed by atoms with Gasteiger partial charge in [0.25, 0.3) is 47.3 Å². The molecular formula is C98H110N4O8. The van der Waals surface area contributed by atoms with Gasteiger partial charge in [-0.05, 0) is 187 Å². The van der Waals surface area contributed by atoms with E-state index >= 15 is 38.4 Å². The lowest BCUT2D eigenvalue weighted by Gasteiger charge is -2.36. The molecule has 110 heavy (non-hydrogen) atoms. The number of rotatable bonds is 38. The minimum atomic E-state index is -0.328. The molecule has 15 rings (SSSR count). The van der Waals surface area contributed by atoms with Crippen molar-refractivity contribution in [3.05, 3.63) is 154 Å². The number of carbonyl (C=O) groups is 8. The minimum absolute atomic E-state index is 0.225. The average molecular weight is 1470 g/mol. The Morgan fingerprint density at radius 3 is 0.773 bits per heavy atom. The van der Waals surface area contributed by atoms with Crippen LogP contribution in [0.3, 0.4) is 0 Å². The lowest BCUT2D eigenvalue weighted by atomic mass is 9.78. The Hall–Kier alpha value is -9.42. The van der Waals surface area contributed by atoms with Gasteiger partial charge in [0.05, 0.1) is 5.56 Å². The number of hydrogen-bond donors (Lipinski definition) is 0. The number of hydrogen-bond acceptors (Lipinski definition) is 8. The van der Waals surface area contributed by atoms with E-state index in [1.807, 2.05) is 78.9 Å². The van der Waals surface area contributed by atoms with Crippen LogP contribution in [0.1, 0.15) is 344 Å². The fourth-order valence-electron chi connectivity index (χ4n) is 20.1. The van der Waals surface area contributed by atoms with Gasteiger partial charge in [-0.2, -0.15) is 0 Å². The van der Waals surface area contributed by atoms with Gasteiger partial charge in [-0.15, -0.1) is 0 Å². The van der Waals surface area contributed by atoms with Gasteiger partial charge in [0.2, 0.25) is 0 Å². The molecule has 12 nitrogen and oxygen atoms in total. The van der Waals surface area contributed by atoms with Crippen LogP contribution in [-0.4, -0.2) is 91.0 Å². The standard InChI is InChI=1S/C98H110N4O8/c1-9-17-25-33-61(34-26-18-10-2)99-91(103)71-51-45-65-66-47-55-76-89-83(66)79(69-49-54-72(92(99)104)85(71)81(65)69)57-78(90(89)98(110)102(96(76)108)64(39-31-23-15-7)40-32-24-16-8)60-43-41-59(42-44-60)77-58-80-87-75(95(107)101(97(80)109)63(37-29-21-13-5)38-30-22-14-6)53-48-68-67-46-52-73-86-74(56-50-70(82(67)86)84(77)88(68)87)94(106)100(93(73)105)62(35-27-19-11-3)36-28-20-12-4/h41-58,61-64H,9-40H2,1-8H3. The summed E-state index contributed by atoms with van der Waals surface area (Å²) in [6, 6.07) is 34.8. The number of unbranched alkanes of at least 4 members (excludes halogenated alkanes) is 16. The molecule has 0 radical (unpaired) electrons. The quantitative estimate of drug-likeness (QED) is 0.0161. The lowest BCUT2D eigenvalue weighted by molar-refractivity contribution is 0.0501. The number of fused-ring (bicyclic) bond motifs is 4. The summed E-state index contributed by atoms with van der Waals surface area (Å²) in [5.74, 6) is -2.32. The summed E-state index contributed by atoms with van der Waals surface area (Å²) in [6.07, 6.45) is 29.1. The first-order valence-electron chi connectivity index (χ1n) is 42.8. The predicted molar refractivity (Wildman–Crippen MR) is 450 cm³/mol. The van der Waals surface area contributed by atoms with Gasteiger partial charge < -0.3 is 0 Å². The molecule has 0 saturated carbocycles. The highest BCUT2D eigenvalue weighted by Gasteiger charge is 2.45. The molecule has 0 fully saturated rings. The molecule has 0 atom stereocenters. The number of imide groups is 4. The van der Waals surface area contributed by atoms with E-state index in [0.717, 1.165) is 261 Å². The van der Waals surface area contributed by atoms with Crippen LogP contribution in [0, 0.1) is 0 Å². The fourth-order valence-corrected chi connectivity index (χ4v) is 20.1. The van der Waals surface area contributed by atoms with Crippen LogP contribution < -0.4 is 0 Å². The topological polar surface area (TPSA) is 150 Å². The van der Waals surface area contributed by atoms with Crippen LogP contribution in [0.15, 0.2) is 109 Å². The SMILES string of the molecule is CCCCCC(CCCCC)N1C(=O)c2ccc3c4ccc5c6c(c(-c7ccc(-c8cc9c%10c(ccc%11c%12ccc%13c%14c(ccc(c8c%10%11)c%14%12)C(=O)N(C(CCCCC)CCCCC)C%13=O)C(=O)N(C(CCCCC)CCCCC)C9=O)cc7)cc(c7ccc(c2c37)C1=O)c64)C(=O)N(C(CCCCC)CCCCC)C5=O. The Labute approximate surface area is 648 Å². The molecule has 0 saturated heterocycles. The molecule has 4 aliphatic rings. The van der Waals surface area contributed by atoms with Crippen molar-refractivity contribution < 1.29 is 38.4 Å². The average Bonchev–Trinajstić information content (AvgIpc) is 0.687. The Balaban J connectivity index is 0.953. The Morgan fingerprint density at radius 1 is 0.200 bits per heavy atom. The van der Waals surface area contributed by atoms with E-state index in [1.54, 1.807) is 19.6 Å². The highest BCUT2D eigenvalue weighted by Crippen LogP contribution is 2.53. The van der Waals surface area contributed by atoms with Crippen molar-refractivity contribution in [2.24, 2.45) is 0 Å². The van der Waals surface area contributed by atoms with Crippen molar-refractivity contribution in [1.82, 2.24) is 19.6 Å². The smallest absolute Gasteiger partial charge is 0.262 e. The zero-order valence-corrected chi connectivity index (χ0v) is 66.4. The Morgan fingerprint density at radius 2 is 0.445 bits per heavy atom. The monoisotopic (exact) mass is 1470 g/mol. The molecule has 0 unspecified atom stereocenters. The first-order chi connectivity index (χ1) is 53.7. The highest BCUT2D eigenvalue weighted by molar-refractivity contribution is 6.45.